The van der Waals surface area contributed by atoms with E-state index >= 15 is 0 Å². The molecule has 0 radical (unpaired) electrons. The number of phenols is 1. The zero-order chi connectivity index (χ0) is 19.2. The number of rotatable bonds is 3. The van der Waals surface area contributed by atoms with E-state index < -0.39 is 11.4 Å². The first kappa shape index (κ1) is 21.2. The second-order valence-corrected chi connectivity index (χ2v) is 5.96. The Labute approximate surface area is 172 Å². The van der Waals surface area contributed by atoms with E-state index in [2.05, 4.69) is 0 Å². The van der Waals surface area contributed by atoms with Crippen LogP contribution in [0.25, 0.3) is 17.0 Å². The van der Waals surface area contributed by atoms with Crippen molar-refractivity contribution >= 4 is 22.8 Å². The predicted molar refractivity (Wildman–Crippen MR) is 106 cm³/mol. The molecule has 5 heteroatoms. The first-order valence-corrected chi connectivity index (χ1v) is 8.43. The summed E-state index contributed by atoms with van der Waals surface area (Å²) in [7, 11) is 0. The summed E-state index contributed by atoms with van der Waals surface area (Å²) in [6.45, 7) is 1.75. The molecule has 4 rings (SSSR count). The van der Waals surface area contributed by atoms with Crippen LogP contribution < -0.4 is 5.63 Å². The molecule has 148 valence electrons. The summed E-state index contributed by atoms with van der Waals surface area (Å²) in [6.07, 6.45) is 3.00. The van der Waals surface area contributed by atoms with Gasteiger partial charge in [-0.05, 0) is 24.6 Å². The SMILES string of the molecule is Cc1cc(=O)oc2c(C(=O)C=C[c-]3cccc3)c(O)ccc12.[Fe].[cH-]1[cH-][cH-][cH-][cH-]1. The number of benzene rings is 1. The van der Waals surface area contributed by atoms with E-state index in [9.17, 15) is 14.7 Å². The number of hydrogen-bond acceptors (Lipinski definition) is 4. The maximum atomic E-state index is 12.4. The number of carbonyl (C=O) groups excluding carboxylic acids is 1. The van der Waals surface area contributed by atoms with Gasteiger partial charge in [-0.2, -0.15) is 12.1 Å². The number of aromatic hydroxyl groups is 1. The van der Waals surface area contributed by atoms with Gasteiger partial charge in [-0.15, -0.1) is 23.8 Å². The molecule has 0 aliphatic heterocycles. The van der Waals surface area contributed by atoms with Gasteiger partial charge in [0.2, 0.25) is 0 Å². The van der Waals surface area contributed by atoms with E-state index in [1.807, 2.05) is 54.6 Å². The van der Waals surface area contributed by atoms with Gasteiger partial charge in [0.1, 0.15) is 5.75 Å². The minimum Gasteiger partial charge on any atom is -0.748 e. The number of fused-ring (bicyclic) bond motifs is 1. The maximum absolute atomic E-state index is 12.4. The van der Waals surface area contributed by atoms with Crippen molar-refractivity contribution < 1.29 is 31.4 Å². The van der Waals surface area contributed by atoms with Gasteiger partial charge in [-0.3, -0.25) is 0 Å². The van der Waals surface area contributed by atoms with Crippen molar-refractivity contribution in [3.05, 3.63) is 106 Å². The molecule has 1 aromatic heterocycles. The Bertz CT molecular complexity index is 1100. The van der Waals surface area contributed by atoms with Crippen LogP contribution in [0.15, 0.2) is 88.1 Å². The summed E-state index contributed by atoms with van der Waals surface area (Å²) in [4.78, 5) is 23.9. The van der Waals surface area contributed by atoms with Crippen LogP contribution in [0.4, 0.5) is 0 Å². The van der Waals surface area contributed by atoms with Crippen LogP contribution in [0.5, 0.6) is 5.75 Å². The quantitative estimate of drug-likeness (QED) is 0.172. The van der Waals surface area contributed by atoms with Gasteiger partial charge < -0.3 is 44.7 Å². The number of ketones is 1. The van der Waals surface area contributed by atoms with Crippen molar-refractivity contribution in [2.24, 2.45) is 0 Å². The average Bonchev–Trinajstić information content (AvgIpc) is 3.35. The number of hydrogen-bond donors (Lipinski definition) is 1. The molecule has 1 heterocycles. The van der Waals surface area contributed by atoms with Crippen molar-refractivity contribution in [3.8, 4) is 5.75 Å². The van der Waals surface area contributed by atoms with Gasteiger partial charge >= 0.3 is 5.63 Å². The molecule has 0 amide bonds. The Hall–Kier alpha value is -3.14. The second-order valence-electron chi connectivity index (χ2n) is 5.96. The number of allylic oxidation sites excluding steroid dienone is 1. The molecular weight excluding hydrogens is 396 g/mol. The molecule has 0 aliphatic carbocycles. The van der Waals surface area contributed by atoms with Crippen LogP contribution in [0, 0.1) is 6.92 Å². The Morgan fingerprint density at radius 1 is 1.11 bits per heavy atom. The second kappa shape index (κ2) is 9.70. The van der Waals surface area contributed by atoms with Crippen molar-refractivity contribution in [1.29, 1.82) is 0 Å². The van der Waals surface area contributed by atoms with E-state index in [0.29, 0.717) is 10.9 Å². The molecule has 0 aliphatic rings. The van der Waals surface area contributed by atoms with Crippen molar-refractivity contribution in [3.63, 3.8) is 0 Å². The average molecular weight is 414 g/mol. The zero-order valence-corrected chi connectivity index (χ0v) is 16.2. The smallest absolute Gasteiger partial charge is 0.336 e. The van der Waals surface area contributed by atoms with Gasteiger partial charge in [0.15, 0.2) is 11.4 Å². The summed E-state index contributed by atoms with van der Waals surface area (Å²) in [6, 6.07) is 21.9. The summed E-state index contributed by atoms with van der Waals surface area (Å²) in [5.41, 5.74) is 1.14. The fourth-order valence-electron chi connectivity index (χ4n) is 2.69. The van der Waals surface area contributed by atoms with Crippen LogP contribution in [-0.4, -0.2) is 10.9 Å². The standard InChI is InChI=1S/C18H13O4.C5H5.Fe/c1-11-10-16(21)22-18-13(11)7-9-15(20)17(18)14(19)8-6-12-4-2-3-5-12;1-2-4-5-3-1;/h2-10,20H,1H3;1-5H;/q-1;-5;. The maximum Gasteiger partial charge on any atom is 0.336 e. The van der Waals surface area contributed by atoms with Gasteiger partial charge in [0.25, 0.3) is 0 Å². The van der Waals surface area contributed by atoms with Crippen LogP contribution in [0.1, 0.15) is 21.5 Å². The fourth-order valence-corrected chi connectivity index (χ4v) is 2.69. The largest absolute Gasteiger partial charge is 0.748 e. The van der Waals surface area contributed by atoms with Crippen molar-refractivity contribution in [1.82, 2.24) is 0 Å². The number of carbonyl (C=O) groups is 1. The molecule has 28 heavy (non-hydrogen) atoms. The van der Waals surface area contributed by atoms with Crippen LogP contribution in [0.2, 0.25) is 0 Å². The molecule has 0 bridgehead atoms. The zero-order valence-electron chi connectivity index (χ0n) is 15.1. The Morgan fingerprint density at radius 2 is 1.71 bits per heavy atom. The summed E-state index contributed by atoms with van der Waals surface area (Å²) < 4.78 is 5.14. The van der Waals surface area contributed by atoms with Crippen LogP contribution in [0.3, 0.4) is 0 Å². The van der Waals surface area contributed by atoms with Gasteiger partial charge in [0.05, 0.1) is 5.56 Å². The first-order chi connectivity index (χ1) is 13.1. The molecule has 3 aromatic carbocycles. The van der Waals surface area contributed by atoms with Crippen LogP contribution in [-0.2, 0) is 17.1 Å². The molecule has 0 fully saturated rings. The topological polar surface area (TPSA) is 67.5 Å². The van der Waals surface area contributed by atoms with E-state index in [-0.39, 0.29) is 34.0 Å². The first-order valence-electron chi connectivity index (χ1n) is 8.43. The van der Waals surface area contributed by atoms with Gasteiger partial charge in [-0.1, -0.05) is 6.08 Å². The summed E-state index contributed by atoms with van der Waals surface area (Å²) in [5.74, 6) is -0.628. The third kappa shape index (κ3) is 4.97. The number of aryl methyl sites for hydroxylation is 1. The Balaban J connectivity index is 0.000000408. The number of phenolic OH excluding ortho intramolecular Hbond substituents is 1. The molecule has 4 nitrogen and oxygen atoms in total. The minimum absolute atomic E-state index is 0. The van der Waals surface area contributed by atoms with Crippen molar-refractivity contribution in [2.45, 2.75) is 6.92 Å². The van der Waals surface area contributed by atoms with Crippen LogP contribution >= 0.6 is 0 Å². The summed E-state index contributed by atoms with van der Waals surface area (Å²) in [5, 5.41) is 10.6. The molecule has 0 atom stereocenters. The van der Waals surface area contributed by atoms with Gasteiger partial charge in [0, 0.05) is 28.5 Å². The molecular formula is C23H18FeO4-6. The predicted octanol–water partition coefficient (Wildman–Crippen LogP) is 4.83. The monoisotopic (exact) mass is 414 g/mol. The molecule has 4 aromatic rings. The summed E-state index contributed by atoms with van der Waals surface area (Å²) >= 11 is 0. The molecule has 0 spiro atoms. The molecule has 0 unspecified atom stereocenters. The minimum atomic E-state index is -0.551. The fraction of sp³-hybridized carbons (Fsp3) is 0.0435. The van der Waals surface area contributed by atoms with Gasteiger partial charge in [-0.25, -0.2) is 4.79 Å². The normalized spacial score (nSPS) is 10.3. The van der Waals surface area contributed by atoms with E-state index in [0.717, 1.165) is 5.56 Å². The molecule has 1 N–H and O–H groups in total. The third-order valence-corrected chi connectivity index (χ3v) is 4.02. The third-order valence-electron chi connectivity index (χ3n) is 4.02. The van der Waals surface area contributed by atoms with E-state index in [1.165, 1.54) is 18.2 Å². The van der Waals surface area contributed by atoms with E-state index in [4.69, 9.17) is 4.42 Å². The Morgan fingerprint density at radius 3 is 2.32 bits per heavy atom. The molecule has 0 saturated carbocycles. The Kier molecular flexibility index (Phi) is 7.33. The van der Waals surface area contributed by atoms with E-state index in [1.54, 1.807) is 19.1 Å². The van der Waals surface area contributed by atoms with Crippen molar-refractivity contribution in [2.75, 3.05) is 0 Å². The molecule has 0 saturated heterocycles.